The van der Waals surface area contributed by atoms with Crippen molar-refractivity contribution in [3.05, 3.63) is 90.1 Å². The van der Waals surface area contributed by atoms with Crippen LogP contribution in [0.2, 0.25) is 0 Å². The van der Waals surface area contributed by atoms with Gasteiger partial charge in [-0.2, -0.15) is 0 Å². The molecule has 148 valence electrons. The first-order valence-electron chi connectivity index (χ1n) is 8.92. The first-order valence-corrected chi connectivity index (χ1v) is 8.92. The van der Waals surface area contributed by atoms with E-state index in [-0.39, 0.29) is 11.4 Å². The second-order valence-corrected chi connectivity index (χ2v) is 5.98. The smallest absolute Gasteiger partial charge is 0.258 e. The highest BCUT2D eigenvalue weighted by Gasteiger charge is 2.13. The van der Waals surface area contributed by atoms with Gasteiger partial charge < -0.3 is 15.4 Å². The van der Waals surface area contributed by atoms with Crippen molar-refractivity contribution >= 4 is 23.3 Å². The molecule has 0 fully saturated rings. The lowest BCUT2D eigenvalue weighted by molar-refractivity contribution is -0.111. The number of aromatic nitrogens is 2. The molecule has 0 radical (unpaired) electrons. The summed E-state index contributed by atoms with van der Waals surface area (Å²) in [5.41, 5.74) is 1.93. The number of anilines is 2. The Labute approximate surface area is 173 Å². The minimum atomic E-state index is -0.429. The van der Waals surface area contributed by atoms with Gasteiger partial charge in [0.15, 0.2) is 5.82 Å². The van der Waals surface area contributed by atoms with Crippen molar-refractivity contribution in [1.82, 2.24) is 10.2 Å². The lowest BCUT2D eigenvalue weighted by Crippen LogP contribution is -2.17. The summed E-state index contributed by atoms with van der Waals surface area (Å²) < 4.78 is 5.11. The van der Waals surface area contributed by atoms with Gasteiger partial charge in [-0.25, -0.2) is 0 Å². The van der Waals surface area contributed by atoms with Crippen LogP contribution in [0.5, 0.6) is 5.75 Å². The molecule has 0 aliphatic carbocycles. The van der Waals surface area contributed by atoms with Gasteiger partial charge >= 0.3 is 0 Å². The molecule has 0 unspecified atom stereocenters. The zero-order valence-electron chi connectivity index (χ0n) is 16.2. The predicted molar refractivity (Wildman–Crippen MR) is 114 cm³/mol. The van der Waals surface area contributed by atoms with Crippen molar-refractivity contribution in [1.29, 1.82) is 0 Å². The number of amides is 2. The molecule has 0 aliphatic heterocycles. The zero-order chi connectivity index (χ0) is 21.3. The summed E-state index contributed by atoms with van der Waals surface area (Å²) in [4.78, 5) is 24.1. The third-order valence-corrected chi connectivity index (χ3v) is 3.95. The van der Waals surface area contributed by atoms with E-state index in [2.05, 4.69) is 39.3 Å². The molecule has 0 saturated carbocycles. The Hall–Kier alpha value is -4.44. The van der Waals surface area contributed by atoms with Crippen LogP contribution < -0.4 is 15.4 Å². The number of benzene rings is 2. The average molecular weight is 398 g/mol. The first-order chi connectivity index (χ1) is 14.6. The lowest BCUT2D eigenvalue weighted by atomic mass is 10.1. The van der Waals surface area contributed by atoms with Gasteiger partial charge in [0.05, 0.1) is 18.4 Å². The summed E-state index contributed by atoms with van der Waals surface area (Å²) in [6.07, 6.45) is 1.13. The maximum Gasteiger partial charge on any atom is 0.258 e. The normalized spacial score (nSPS) is 9.63. The van der Waals surface area contributed by atoms with E-state index in [4.69, 9.17) is 4.74 Å². The van der Waals surface area contributed by atoms with E-state index < -0.39 is 11.8 Å². The van der Waals surface area contributed by atoms with Gasteiger partial charge in [0, 0.05) is 5.56 Å². The molecule has 0 aliphatic rings. The molecule has 1 heterocycles. The minimum absolute atomic E-state index is 0.264. The summed E-state index contributed by atoms with van der Waals surface area (Å²) >= 11 is 0. The van der Waals surface area contributed by atoms with E-state index in [9.17, 15) is 9.59 Å². The molecule has 7 nitrogen and oxygen atoms in total. The van der Waals surface area contributed by atoms with Gasteiger partial charge in [-0.05, 0) is 60.5 Å². The van der Waals surface area contributed by atoms with Crippen LogP contribution in [-0.2, 0) is 4.79 Å². The second kappa shape index (κ2) is 9.66. The number of hydrogen-bond acceptors (Lipinski definition) is 5. The highest BCUT2D eigenvalue weighted by Crippen LogP contribution is 2.17. The Morgan fingerprint density at radius 2 is 1.73 bits per heavy atom. The van der Waals surface area contributed by atoms with Gasteiger partial charge in [0.25, 0.3) is 5.91 Å². The summed E-state index contributed by atoms with van der Waals surface area (Å²) in [7, 11) is 1.60. The van der Waals surface area contributed by atoms with Gasteiger partial charge in [0.1, 0.15) is 11.4 Å². The highest BCUT2D eigenvalue weighted by atomic mass is 16.5. The predicted octanol–water partition coefficient (Wildman–Crippen LogP) is 3.26. The maximum atomic E-state index is 12.6. The zero-order valence-corrected chi connectivity index (χ0v) is 16.2. The lowest BCUT2D eigenvalue weighted by Gasteiger charge is -2.09. The Bertz CT molecular complexity index is 1130. The molecule has 0 atom stereocenters. The van der Waals surface area contributed by atoms with E-state index >= 15 is 0 Å². The number of nitrogens with zero attached hydrogens (tertiary/aromatic N) is 2. The van der Waals surface area contributed by atoms with Crippen LogP contribution in [0.25, 0.3) is 0 Å². The van der Waals surface area contributed by atoms with Crippen LogP contribution in [0.4, 0.5) is 11.5 Å². The average Bonchev–Trinajstić information content (AvgIpc) is 2.79. The molecule has 2 amide bonds. The fourth-order valence-electron chi connectivity index (χ4n) is 2.43. The fraction of sp³-hybridized carbons (Fsp3) is 0.0435. The van der Waals surface area contributed by atoms with Crippen LogP contribution in [-0.4, -0.2) is 29.1 Å². The second-order valence-electron chi connectivity index (χ2n) is 5.98. The van der Waals surface area contributed by atoms with E-state index in [0.717, 1.165) is 17.4 Å². The molecule has 7 heteroatoms. The molecule has 0 spiro atoms. The van der Waals surface area contributed by atoms with Crippen LogP contribution in [0.1, 0.15) is 21.6 Å². The molecule has 2 aromatic carbocycles. The quantitative estimate of drug-likeness (QED) is 0.508. The number of methoxy groups -OCH3 is 1. The molecule has 2 N–H and O–H groups in total. The summed E-state index contributed by atoms with van der Waals surface area (Å²) in [5, 5.41) is 13.2. The SMILES string of the molecule is C=CC(=O)Nc1ccccc1C(=O)Nc1ccc(C#Cc2ccc(OC)cc2)nn1. The number of rotatable bonds is 5. The largest absolute Gasteiger partial charge is 0.497 e. The Morgan fingerprint density at radius 3 is 2.40 bits per heavy atom. The molecule has 3 aromatic rings. The topological polar surface area (TPSA) is 93.2 Å². The minimum Gasteiger partial charge on any atom is -0.497 e. The molecule has 0 bridgehead atoms. The van der Waals surface area contributed by atoms with Crippen molar-refractivity contribution in [2.45, 2.75) is 0 Å². The van der Waals surface area contributed by atoms with E-state index in [1.807, 2.05) is 24.3 Å². The Balaban J connectivity index is 1.69. The third-order valence-electron chi connectivity index (χ3n) is 3.95. The molecular formula is C23H18N4O3. The Kier molecular flexibility index (Phi) is 6.54. The number of para-hydroxylation sites is 1. The fourth-order valence-corrected chi connectivity index (χ4v) is 2.43. The molecule has 30 heavy (non-hydrogen) atoms. The number of ether oxygens (including phenoxy) is 1. The van der Waals surface area contributed by atoms with Gasteiger partial charge in [-0.1, -0.05) is 24.6 Å². The number of hydrogen-bond donors (Lipinski definition) is 2. The van der Waals surface area contributed by atoms with E-state index in [1.165, 1.54) is 0 Å². The van der Waals surface area contributed by atoms with Crippen LogP contribution in [0.15, 0.2) is 73.3 Å². The van der Waals surface area contributed by atoms with E-state index in [1.54, 1.807) is 43.5 Å². The number of carbonyl (C=O) groups is 2. The highest BCUT2D eigenvalue weighted by molar-refractivity contribution is 6.10. The number of carbonyl (C=O) groups excluding carboxylic acids is 2. The van der Waals surface area contributed by atoms with Gasteiger partial charge in [-0.3, -0.25) is 9.59 Å². The first kappa shape index (κ1) is 20.3. The molecule has 3 rings (SSSR count). The third kappa shape index (κ3) is 5.30. The molecular weight excluding hydrogens is 380 g/mol. The summed E-state index contributed by atoms with van der Waals surface area (Å²) in [6, 6.07) is 17.2. The van der Waals surface area contributed by atoms with Crippen LogP contribution in [0.3, 0.4) is 0 Å². The summed E-state index contributed by atoms with van der Waals surface area (Å²) in [6.45, 7) is 3.40. The van der Waals surface area contributed by atoms with Crippen molar-refractivity contribution in [3.8, 4) is 17.6 Å². The van der Waals surface area contributed by atoms with E-state index in [0.29, 0.717) is 11.4 Å². The Morgan fingerprint density at radius 1 is 0.967 bits per heavy atom. The summed E-state index contributed by atoms with van der Waals surface area (Å²) in [5.74, 6) is 6.08. The standard InChI is InChI=1S/C23H18N4O3/c1-3-22(28)24-20-7-5-4-6-19(20)23(29)25-21-15-12-17(26-27-21)11-8-16-9-13-18(30-2)14-10-16/h3-7,9-10,12-15H,1H2,2H3,(H,24,28)(H,25,27,29). The molecule has 0 saturated heterocycles. The number of nitrogens with one attached hydrogen (secondary N) is 2. The monoisotopic (exact) mass is 398 g/mol. The van der Waals surface area contributed by atoms with Gasteiger partial charge in [0.2, 0.25) is 5.91 Å². The van der Waals surface area contributed by atoms with Crippen molar-refractivity contribution in [2.75, 3.05) is 17.7 Å². The van der Waals surface area contributed by atoms with Crippen LogP contribution in [0, 0.1) is 11.8 Å². The maximum absolute atomic E-state index is 12.6. The van der Waals surface area contributed by atoms with Crippen molar-refractivity contribution in [3.63, 3.8) is 0 Å². The molecule has 1 aromatic heterocycles. The van der Waals surface area contributed by atoms with Crippen molar-refractivity contribution in [2.24, 2.45) is 0 Å². The van der Waals surface area contributed by atoms with Gasteiger partial charge in [-0.15, -0.1) is 10.2 Å². The van der Waals surface area contributed by atoms with Crippen molar-refractivity contribution < 1.29 is 14.3 Å². The van der Waals surface area contributed by atoms with Crippen LogP contribution >= 0.6 is 0 Å².